The third-order valence-electron chi connectivity index (χ3n) is 7.45. The smallest absolute Gasteiger partial charge is 0.290 e. The molecular formula is C31H36N2O7. The molecule has 9 nitrogen and oxygen atoms in total. The molecule has 212 valence electrons. The van der Waals surface area contributed by atoms with Gasteiger partial charge in [0.25, 0.3) is 5.91 Å². The van der Waals surface area contributed by atoms with Crippen LogP contribution in [0, 0.1) is 0 Å². The van der Waals surface area contributed by atoms with Crippen LogP contribution in [0.3, 0.4) is 0 Å². The van der Waals surface area contributed by atoms with Gasteiger partial charge in [0.1, 0.15) is 5.75 Å². The average molecular weight is 549 g/mol. The van der Waals surface area contributed by atoms with Gasteiger partial charge in [0.15, 0.2) is 22.9 Å². The molecule has 0 spiro atoms. The Morgan fingerprint density at radius 2 is 1.88 bits per heavy atom. The minimum atomic E-state index is -0.796. The van der Waals surface area contributed by atoms with E-state index in [1.54, 1.807) is 17.0 Å². The number of hydrogen-bond acceptors (Lipinski definition) is 8. The van der Waals surface area contributed by atoms with Crippen molar-refractivity contribution in [2.24, 2.45) is 0 Å². The maximum Gasteiger partial charge on any atom is 0.290 e. The summed E-state index contributed by atoms with van der Waals surface area (Å²) >= 11 is 0. The van der Waals surface area contributed by atoms with Crippen LogP contribution >= 0.6 is 0 Å². The number of methoxy groups -OCH3 is 1. The van der Waals surface area contributed by atoms with Gasteiger partial charge in [-0.3, -0.25) is 14.5 Å². The molecule has 2 aliphatic rings. The quantitative estimate of drug-likeness (QED) is 0.251. The van der Waals surface area contributed by atoms with E-state index in [0.717, 1.165) is 32.4 Å². The standard InChI is InChI=1S/C31H36N2O7/c1-3-4-5-16-39-23-10-6-8-21(19-23)27-26(28(34)25-20-22-9-7-11-24(37-2)30(22)40-25)29(35)31(36)33(27)13-12-32-14-17-38-18-15-32/h6-11,19-20,27,35H,3-5,12-18H2,1-2H3. The van der Waals surface area contributed by atoms with Crippen molar-refractivity contribution in [2.45, 2.75) is 32.2 Å². The number of aliphatic hydroxyl groups is 1. The zero-order chi connectivity index (χ0) is 28.1. The van der Waals surface area contributed by atoms with E-state index in [2.05, 4.69) is 11.8 Å². The van der Waals surface area contributed by atoms with E-state index in [1.165, 1.54) is 7.11 Å². The topological polar surface area (TPSA) is 102 Å². The number of carbonyl (C=O) groups excluding carboxylic acids is 2. The number of unbranched alkanes of at least 4 members (excludes halogenated alkanes) is 2. The minimum Gasteiger partial charge on any atom is -0.503 e. The molecule has 1 amide bonds. The number of rotatable bonds is 12. The van der Waals surface area contributed by atoms with Crippen molar-refractivity contribution in [1.82, 2.24) is 9.80 Å². The molecule has 1 unspecified atom stereocenters. The number of ether oxygens (including phenoxy) is 3. The van der Waals surface area contributed by atoms with E-state index in [0.29, 0.717) is 60.9 Å². The first kappa shape index (κ1) is 27.7. The van der Waals surface area contributed by atoms with Gasteiger partial charge in [0.2, 0.25) is 5.78 Å². The normalized spacial score (nSPS) is 18.1. The number of nitrogens with zero attached hydrogens (tertiary/aromatic N) is 2. The number of fused-ring (bicyclic) bond motifs is 1. The number of Topliss-reactive ketones (excluding diaryl/α,β-unsaturated/α-hetero) is 1. The van der Waals surface area contributed by atoms with Crippen molar-refractivity contribution in [3.8, 4) is 11.5 Å². The first-order chi connectivity index (χ1) is 19.5. The lowest BCUT2D eigenvalue weighted by Crippen LogP contribution is -2.43. The monoisotopic (exact) mass is 548 g/mol. The van der Waals surface area contributed by atoms with Gasteiger partial charge in [0, 0.05) is 31.6 Å². The van der Waals surface area contributed by atoms with Crippen LogP contribution in [-0.2, 0) is 9.53 Å². The summed E-state index contributed by atoms with van der Waals surface area (Å²) in [5, 5.41) is 11.8. The van der Waals surface area contributed by atoms with E-state index in [9.17, 15) is 14.7 Å². The highest BCUT2D eigenvalue weighted by molar-refractivity contribution is 6.16. The van der Waals surface area contributed by atoms with Crippen molar-refractivity contribution < 1.29 is 33.3 Å². The molecule has 1 atom stereocenters. The lowest BCUT2D eigenvalue weighted by Gasteiger charge is -2.31. The summed E-state index contributed by atoms with van der Waals surface area (Å²) in [6.07, 6.45) is 3.10. The third-order valence-corrected chi connectivity index (χ3v) is 7.45. The second kappa shape index (κ2) is 12.6. The molecule has 1 saturated heterocycles. The van der Waals surface area contributed by atoms with Gasteiger partial charge in [-0.15, -0.1) is 0 Å². The highest BCUT2D eigenvalue weighted by atomic mass is 16.5. The third kappa shape index (κ3) is 5.71. The number of ketones is 1. The van der Waals surface area contributed by atoms with Gasteiger partial charge in [0.05, 0.1) is 38.5 Å². The van der Waals surface area contributed by atoms with Gasteiger partial charge >= 0.3 is 0 Å². The zero-order valence-electron chi connectivity index (χ0n) is 23.1. The van der Waals surface area contributed by atoms with Gasteiger partial charge in [-0.25, -0.2) is 0 Å². The minimum absolute atomic E-state index is 0.00636. The number of furan rings is 1. The zero-order valence-corrected chi connectivity index (χ0v) is 23.1. The molecule has 0 radical (unpaired) electrons. The first-order valence-electron chi connectivity index (χ1n) is 13.9. The van der Waals surface area contributed by atoms with Gasteiger partial charge in [-0.1, -0.05) is 44.0 Å². The maximum absolute atomic E-state index is 13.9. The lowest BCUT2D eigenvalue weighted by atomic mass is 9.94. The summed E-state index contributed by atoms with van der Waals surface area (Å²) in [5.41, 5.74) is 1.11. The van der Waals surface area contributed by atoms with Gasteiger partial charge in [-0.2, -0.15) is 0 Å². The number of aliphatic hydroxyl groups excluding tert-OH is 1. The number of benzene rings is 2. The van der Waals surface area contributed by atoms with Crippen molar-refractivity contribution in [3.05, 3.63) is 71.2 Å². The van der Waals surface area contributed by atoms with Crippen LogP contribution in [-0.4, -0.2) is 79.7 Å². The van der Waals surface area contributed by atoms with Crippen LogP contribution < -0.4 is 9.47 Å². The van der Waals surface area contributed by atoms with Crippen molar-refractivity contribution >= 4 is 22.7 Å². The van der Waals surface area contributed by atoms with Crippen LogP contribution in [0.1, 0.15) is 48.3 Å². The summed E-state index contributed by atoms with van der Waals surface area (Å²) in [4.78, 5) is 31.2. The molecule has 2 aromatic carbocycles. The average Bonchev–Trinajstić information content (AvgIpc) is 3.53. The molecule has 3 aromatic rings. The van der Waals surface area contributed by atoms with E-state index in [-0.39, 0.29) is 11.3 Å². The second-order valence-electron chi connectivity index (χ2n) is 10.1. The molecule has 40 heavy (non-hydrogen) atoms. The van der Waals surface area contributed by atoms with E-state index >= 15 is 0 Å². The lowest BCUT2D eigenvalue weighted by molar-refractivity contribution is -0.129. The summed E-state index contributed by atoms with van der Waals surface area (Å²) in [5.74, 6) is -0.504. The Morgan fingerprint density at radius 3 is 2.65 bits per heavy atom. The van der Waals surface area contributed by atoms with Crippen molar-refractivity contribution in [3.63, 3.8) is 0 Å². The van der Waals surface area contributed by atoms with Crippen LogP contribution in [0.15, 0.2) is 64.3 Å². The molecule has 5 rings (SSSR count). The van der Waals surface area contributed by atoms with Gasteiger partial charge in [-0.05, 0) is 36.2 Å². The SMILES string of the molecule is CCCCCOc1cccc(C2C(C(=O)c3cc4cccc(OC)c4o3)=C(O)C(=O)N2CCN2CCOCC2)c1. The molecule has 1 fully saturated rings. The van der Waals surface area contributed by atoms with Crippen molar-refractivity contribution in [2.75, 3.05) is 53.1 Å². The fraction of sp³-hybridized carbons (Fsp3) is 0.419. The number of amides is 1. The molecule has 0 saturated carbocycles. The number of para-hydroxylation sites is 1. The molecule has 1 aromatic heterocycles. The van der Waals surface area contributed by atoms with Crippen LogP contribution in [0.4, 0.5) is 0 Å². The summed E-state index contributed by atoms with van der Waals surface area (Å²) in [7, 11) is 1.53. The Labute approximate surface area is 233 Å². The van der Waals surface area contributed by atoms with Gasteiger partial charge < -0.3 is 28.6 Å². The molecular weight excluding hydrogens is 512 g/mol. The molecule has 9 heteroatoms. The number of carbonyl (C=O) groups is 2. The Bertz CT molecular complexity index is 1390. The Balaban J connectivity index is 1.48. The predicted octanol–water partition coefficient (Wildman–Crippen LogP) is 4.92. The van der Waals surface area contributed by atoms with Crippen LogP contribution in [0.5, 0.6) is 11.5 Å². The van der Waals surface area contributed by atoms with E-state index < -0.39 is 23.5 Å². The molecule has 2 aliphatic heterocycles. The molecule has 1 N–H and O–H groups in total. The summed E-state index contributed by atoms with van der Waals surface area (Å²) < 4.78 is 22.7. The highest BCUT2D eigenvalue weighted by Gasteiger charge is 2.44. The second-order valence-corrected chi connectivity index (χ2v) is 10.1. The largest absolute Gasteiger partial charge is 0.503 e. The number of morpholine rings is 1. The number of hydrogen-bond donors (Lipinski definition) is 1. The van der Waals surface area contributed by atoms with Crippen LogP contribution in [0.2, 0.25) is 0 Å². The summed E-state index contributed by atoms with van der Waals surface area (Å²) in [6.45, 7) is 6.44. The Hall–Kier alpha value is -3.82. The maximum atomic E-state index is 13.9. The van der Waals surface area contributed by atoms with Crippen molar-refractivity contribution in [1.29, 1.82) is 0 Å². The van der Waals surface area contributed by atoms with E-state index in [4.69, 9.17) is 18.6 Å². The highest BCUT2D eigenvalue weighted by Crippen LogP contribution is 2.41. The first-order valence-corrected chi connectivity index (χ1v) is 13.9. The Kier molecular flexibility index (Phi) is 8.72. The molecule has 0 bridgehead atoms. The van der Waals surface area contributed by atoms with E-state index in [1.807, 2.05) is 36.4 Å². The fourth-order valence-corrected chi connectivity index (χ4v) is 5.29. The Morgan fingerprint density at radius 1 is 1.07 bits per heavy atom. The fourth-order valence-electron chi connectivity index (χ4n) is 5.29. The molecule has 0 aliphatic carbocycles. The predicted molar refractivity (Wildman–Crippen MR) is 150 cm³/mol. The van der Waals surface area contributed by atoms with Crippen LogP contribution in [0.25, 0.3) is 11.0 Å². The summed E-state index contributed by atoms with van der Waals surface area (Å²) in [6, 6.07) is 13.6. The molecule has 3 heterocycles.